The van der Waals surface area contributed by atoms with E-state index in [0.717, 1.165) is 21.3 Å². The average molecular weight is 349 g/mol. The van der Waals surface area contributed by atoms with Crippen LogP contribution in [0.25, 0.3) is 0 Å². The van der Waals surface area contributed by atoms with Crippen LogP contribution in [0, 0.1) is 19.3 Å². The number of sulfone groups is 1. The highest BCUT2D eigenvalue weighted by Crippen LogP contribution is 2.28. The molecule has 0 N–H and O–H groups in total. The summed E-state index contributed by atoms with van der Waals surface area (Å²) in [5, 5.41) is 0. The van der Waals surface area contributed by atoms with E-state index in [0.29, 0.717) is 6.61 Å². The zero-order chi connectivity index (χ0) is 14.8. The van der Waals surface area contributed by atoms with E-state index < -0.39 is 15.3 Å². The zero-order valence-electron chi connectivity index (χ0n) is 12.1. The SMILES string of the molecule is Cc1cc(OCC(C)(C)CS(C)(=O)=O)cc(C)c1Br. The molecule has 0 bridgehead atoms. The summed E-state index contributed by atoms with van der Waals surface area (Å²) in [5.74, 6) is 0.897. The van der Waals surface area contributed by atoms with Gasteiger partial charge in [-0.15, -0.1) is 0 Å². The normalized spacial score (nSPS) is 12.5. The van der Waals surface area contributed by atoms with Gasteiger partial charge in [-0.25, -0.2) is 8.42 Å². The number of hydrogen-bond acceptors (Lipinski definition) is 3. The fourth-order valence-corrected chi connectivity index (χ4v) is 3.75. The molecule has 1 aromatic carbocycles. The van der Waals surface area contributed by atoms with E-state index in [1.54, 1.807) is 0 Å². The summed E-state index contributed by atoms with van der Waals surface area (Å²) in [6.07, 6.45) is 1.25. The predicted molar refractivity (Wildman–Crippen MR) is 82.6 cm³/mol. The first-order valence-electron chi connectivity index (χ1n) is 6.07. The van der Waals surface area contributed by atoms with Crippen molar-refractivity contribution in [2.75, 3.05) is 18.6 Å². The fourth-order valence-electron chi connectivity index (χ4n) is 2.02. The molecule has 19 heavy (non-hydrogen) atoms. The van der Waals surface area contributed by atoms with Crippen LogP contribution in [0.3, 0.4) is 0 Å². The van der Waals surface area contributed by atoms with Crippen molar-refractivity contribution in [2.24, 2.45) is 5.41 Å². The smallest absolute Gasteiger partial charge is 0.148 e. The van der Waals surface area contributed by atoms with E-state index >= 15 is 0 Å². The first-order chi connectivity index (χ1) is 8.50. The topological polar surface area (TPSA) is 43.4 Å². The number of benzene rings is 1. The van der Waals surface area contributed by atoms with E-state index in [2.05, 4.69) is 15.9 Å². The van der Waals surface area contributed by atoms with Crippen molar-refractivity contribution < 1.29 is 13.2 Å². The van der Waals surface area contributed by atoms with Gasteiger partial charge in [0.25, 0.3) is 0 Å². The van der Waals surface area contributed by atoms with E-state index in [4.69, 9.17) is 4.74 Å². The molecule has 0 atom stereocenters. The van der Waals surface area contributed by atoms with Gasteiger partial charge in [0.15, 0.2) is 0 Å². The van der Waals surface area contributed by atoms with Crippen LogP contribution in [-0.4, -0.2) is 27.0 Å². The summed E-state index contributed by atoms with van der Waals surface area (Å²) in [5.41, 5.74) is 1.81. The van der Waals surface area contributed by atoms with Gasteiger partial charge in [-0.2, -0.15) is 0 Å². The third-order valence-corrected chi connectivity index (χ3v) is 5.25. The van der Waals surface area contributed by atoms with Crippen molar-refractivity contribution in [2.45, 2.75) is 27.7 Å². The molecular weight excluding hydrogens is 328 g/mol. The fraction of sp³-hybridized carbons (Fsp3) is 0.571. The minimum Gasteiger partial charge on any atom is -0.493 e. The van der Waals surface area contributed by atoms with Crippen LogP contribution in [-0.2, 0) is 9.84 Å². The highest BCUT2D eigenvalue weighted by molar-refractivity contribution is 9.10. The molecule has 0 amide bonds. The highest BCUT2D eigenvalue weighted by Gasteiger charge is 2.24. The molecule has 0 fully saturated rings. The average Bonchev–Trinajstić information content (AvgIpc) is 2.19. The van der Waals surface area contributed by atoms with Crippen LogP contribution in [0.1, 0.15) is 25.0 Å². The molecule has 0 spiro atoms. The van der Waals surface area contributed by atoms with Crippen LogP contribution in [0.2, 0.25) is 0 Å². The van der Waals surface area contributed by atoms with Crippen LogP contribution < -0.4 is 4.74 Å². The lowest BCUT2D eigenvalue weighted by molar-refractivity contribution is 0.200. The Labute approximate surface area is 124 Å². The van der Waals surface area contributed by atoms with Crippen molar-refractivity contribution in [1.82, 2.24) is 0 Å². The summed E-state index contributed by atoms with van der Waals surface area (Å²) in [4.78, 5) is 0. The van der Waals surface area contributed by atoms with Crippen molar-refractivity contribution in [3.63, 3.8) is 0 Å². The molecule has 0 aliphatic heterocycles. The minimum absolute atomic E-state index is 0.120. The Bertz CT molecular complexity index is 539. The summed E-state index contributed by atoms with van der Waals surface area (Å²) < 4.78 is 29.5. The van der Waals surface area contributed by atoms with E-state index in [1.165, 1.54) is 6.26 Å². The molecule has 0 aliphatic rings. The Kier molecular flexibility index (Phi) is 5.07. The number of hydrogen-bond donors (Lipinski definition) is 0. The Balaban J connectivity index is 2.77. The number of rotatable bonds is 5. The first kappa shape index (κ1) is 16.5. The molecule has 0 heterocycles. The maximum atomic E-state index is 11.3. The predicted octanol–water partition coefficient (Wildman–Crippen LogP) is 3.52. The molecule has 0 aliphatic carbocycles. The number of halogens is 1. The molecule has 0 radical (unpaired) electrons. The second kappa shape index (κ2) is 5.83. The van der Waals surface area contributed by atoms with Gasteiger partial charge in [0.05, 0.1) is 12.4 Å². The lowest BCUT2D eigenvalue weighted by Gasteiger charge is -2.24. The van der Waals surface area contributed by atoms with Crippen LogP contribution in [0.15, 0.2) is 16.6 Å². The Hall–Kier alpha value is -0.550. The van der Waals surface area contributed by atoms with Gasteiger partial charge in [-0.3, -0.25) is 0 Å². The van der Waals surface area contributed by atoms with Gasteiger partial charge in [0.1, 0.15) is 15.6 Å². The van der Waals surface area contributed by atoms with E-state index in [-0.39, 0.29) is 5.75 Å². The van der Waals surface area contributed by atoms with Crippen LogP contribution in [0.4, 0.5) is 0 Å². The molecule has 0 saturated heterocycles. The quantitative estimate of drug-likeness (QED) is 0.817. The minimum atomic E-state index is -3.00. The van der Waals surface area contributed by atoms with Crippen LogP contribution >= 0.6 is 15.9 Å². The Morgan fingerprint density at radius 3 is 2.11 bits per heavy atom. The molecular formula is C14H21BrO3S. The maximum Gasteiger partial charge on any atom is 0.148 e. The molecule has 5 heteroatoms. The van der Waals surface area contributed by atoms with Crippen molar-refractivity contribution in [1.29, 1.82) is 0 Å². The van der Waals surface area contributed by atoms with E-state index in [1.807, 2.05) is 39.8 Å². The number of aryl methyl sites for hydroxylation is 2. The first-order valence-corrected chi connectivity index (χ1v) is 8.93. The van der Waals surface area contributed by atoms with E-state index in [9.17, 15) is 8.42 Å². The maximum absolute atomic E-state index is 11.3. The van der Waals surface area contributed by atoms with Crippen LogP contribution in [0.5, 0.6) is 5.75 Å². The van der Waals surface area contributed by atoms with Gasteiger partial charge >= 0.3 is 0 Å². The second-order valence-electron chi connectivity index (χ2n) is 5.89. The molecule has 1 rings (SSSR count). The lowest BCUT2D eigenvalue weighted by atomic mass is 9.98. The zero-order valence-corrected chi connectivity index (χ0v) is 14.5. The van der Waals surface area contributed by atoms with Gasteiger partial charge < -0.3 is 4.74 Å². The van der Waals surface area contributed by atoms with Gasteiger partial charge in [0, 0.05) is 16.1 Å². The van der Waals surface area contributed by atoms with Crippen molar-refractivity contribution >= 4 is 25.8 Å². The largest absolute Gasteiger partial charge is 0.493 e. The molecule has 0 saturated carbocycles. The van der Waals surface area contributed by atoms with Gasteiger partial charge in [0.2, 0.25) is 0 Å². The molecule has 0 aromatic heterocycles. The Morgan fingerprint density at radius 1 is 1.21 bits per heavy atom. The highest BCUT2D eigenvalue weighted by atomic mass is 79.9. The summed E-state index contributed by atoms with van der Waals surface area (Å²) in [6, 6.07) is 3.90. The van der Waals surface area contributed by atoms with Gasteiger partial charge in [-0.05, 0) is 37.1 Å². The summed E-state index contributed by atoms with van der Waals surface area (Å²) >= 11 is 3.51. The summed E-state index contributed by atoms with van der Waals surface area (Å²) in [7, 11) is -3.00. The third-order valence-electron chi connectivity index (χ3n) is 2.69. The third kappa shape index (κ3) is 5.53. The molecule has 3 nitrogen and oxygen atoms in total. The second-order valence-corrected chi connectivity index (χ2v) is 8.83. The van der Waals surface area contributed by atoms with Crippen molar-refractivity contribution in [3.8, 4) is 5.75 Å². The monoisotopic (exact) mass is 348 g/mol. The molecule has 1 aromatic rings. The lowest BCUT2D eigenvalue weighted by Crippen LogP contribution is -2.29. The number of ether oxygens (including phenoxy) is 1. The van der Waals surface area contributed by atoms with Gasteiger partial charge in [-0.1, -0.05) is 29.8 Å². The summed E-state index contributed by atoms with van der Waals surface area (Å²) in [6.45, 7) is 8.18. The standard InChI is InChI=1S/C14H21BrO3S/c1-10-6-12(7-11(2)13(10)15)18-8-14(3,4)9-19(5,16)17/h6-7H,8-9H2,1-5H3. The Morgan fingerprint density at radius 2 is 1.68 bits per heavy atom. The molecule has 0 unspecified atom stereocenters. The van der Waals surface area contributed by atoms with Crippen molar-refractivity contribution in [3.05, 3.63) is 27.7 Å². The molecule has 108 valence electrons.